The van der Waals surface area contributed by atoms with Crippen molar-refractivity contribution in [3.05, 3.63) is 22.6 Å². The molecule has 3 nitrogen and oxygen atoms in total. The first kappa shape index (κ1) is 11.2. The predicted molar refractivity (Wildman–Crippen MR) is 61.7 cm³/mol. The van der Waals surface area contributed by atoms with Gasteiger partial charge in [0.1, 0.15) is 5.76 Å². The highest BCUT2D eigenvalue weighted by molar-refractivity contribution is 9.10. The first-order valence-electron chi connectivity index (χ1n) is 5.33. The Labute approximate surface area is 98.3 Å². The molecule has 15 heavy (non-hydrogen) atoms. The Kier molecular flexibility index (Phi) is 3.83. The second-order valence-corrected chi connectivity index (χ2v) is 4.77. The third-order valence-corrected chi connectivity index (χ3v) is 3.11. The molecule has 84 valence electrons. The molecule has 2 rings (SSSR count). The van der Waals surface area contributed by atoms with Crippen molar-refractivity contribution < 1.29 is 9.15 Å². The van der Waals surface area contributed by atoms with E-state index < -0.39 is 0 Å². The smallest absolute Gasteiger partial charge is 0.169 e. The molecule has 0 bridgehead atoms. The molecule has 4 heteroatoms. The molecule has 1 aromatic rings. The fourth-order valence-electron chi connectivity index (χ4n) is 1.88. The second-order valence-electron chi connectivity index (χ2n) is 3.99. The first-order valence-corrected chi connectivity index (χ1v) is 6.12. The Balaban J connectivity index is 1.77. The van der Waals surface area contributed by atoms with E-state index in [1.165, 1.54) is 0 Å². The fourth-order valence-corrected chi connectivity index (χ4v) is 2.22. The molecule has 0 aliphatic carbocycles. The monoisotopic (exact) mass is 273 g/mol. The normalized spacial score (nSPS) is 26.8. The summed E-state index contributed by atoms with van der Waals surface area (Å²) < 4.78 is 11.7. The molecule has 2 unspecified atom stereocenters. The molecular formula is C11H16BrNO2. The van der Waals surface area contributed by atoms with Crippen LogP contribution in [0.5, 0.6) is 0 Å². The molecule has 1 aliphatic rings. The molecule has 1 fully saturated rings. The topological polar surface area (TPSA) is 34.4 Å². The molecule has 2 heterocycles. The van der Waals surface area contributed by atoms with Crippen molar-refractivity contribution in [2.24, 2.45) is 0 Å². The van der Waals surface area contributed by atoms with Gasteiger partial charge in [-0.25, -0.2) is 0 Å². The molecule has 1 aliphatic heterocycles. The Morgan fingerprint density at radius 1 is 1.53 bits per heavy atom. The van der Waals surface area contributed by atoms with Gasteiger partial charge >= 0.3 is 0 Å². The molecule has 1 saturated heterocycles. The van der Waals surface area contributed by atoms with Crippen LogP contribution < -0.4 is 5.32 Å². The number of hydrogen-bond donors (Lipinski definition) is 1. The number of rotatable bonds is 3. The van der Waals surface area contributed by atoms with Gasteiger partial charge in [0.2, 0.25) is 0 Å². The van der Waals surface area contributed by atoms with Gasteiger partial charge in [-0.15, -0.1) is 0 Å². The van der Waals surface area contributed by atoms with Crippen LogP contribution in [0.1, 0.15) is 25.5 Å². The van der Waals surface area contributed by atoms with Crippen LogP contribution in [-0.2, 0) is 11.3 Å². The molecule has 0 aromatic carbocycles. The van der Waals surface area contributed by atoms with E-state index in [2.05, 4.69) is 28.2 Å². The lowest BCUT2D eigenvalue weighted by Crippen LogP contribution is -2.37. The fraction of sp³-hybridized carbons (Fsp3) is 0.636. The van der Waals surface area contributed by atoms with Crippen molar-refractivity contribution >= 4 is 15.9 Å². The number of ether oxygens (including phenoxy) is 1. The van der Waals surface area contributed by atoms with Gasteiger partial charge in [0.05, 0.1) is 12.6 Å². The van der Waals surface area contributed by atoms with Crippen LogP contribution in [0, 0.1) is 0 Å². The van der Waals surface area contributed by atoms with E-state index in [1.54, 1.807) is 0 Å². The van der Waals surface area contributed by atoms with Crippen LogP contribution >= 0.6 is 15.9 Å². The van der Waals surface area contributed by atoms with Gasteiger partial charge in [-0.2, -0.15) is 0 Å². The molecule has 0 spiro atoms. The minimum atomic E-state index is 0.375. The quantitative estimate of drug-likeness (QED) is 0.920. The highest BCUT2D eigenvalue weighted by Crippen LogP contribution is 2.16. The van der Waals surface area contributed by atoms with Crippen molar-refractivity contribution in [3.63, 3.8) is 0 Å². The zero-order valence-electron chi connectivity index (χ0n) is 8.83. The summed E-state index contributed by atoms with van der Waals surface area (Å²) >= 11 is 3.29. The third kappa shape index (κ3) is 3.33. The average Bonchev–Trinajstić information content (AvgIpc) is 2.62. The summed E-state index contributed by atoms with van der Waals surface area (Å²) in [6.07, 6.45) is 2.55. The van der Waals surface area contributed by atoms with Crippen LogP contribution in [0.2, 0.25) is 0 Å². The Hall–Kier alpha value is -0.320. The van der Waals surface area contributed by atoms with Crippen LogP contribution in [0.4, 0.5) is 0 Å². The average molecular weight is 274 g/mol. The summed E-state index contributed by atoms with van der Waals surface area (Å²) in [6, 6.07) is 4.46. The zero-order valence-corrected chi connectivity index (χ0v) is 10.4. The van der Waals surface area contributed by atoms with E-state index in [9.17, 15) is 0 Å². The molecule has 0 saturated carbocycles. The largest absolute Gasteiger partial charge is 0.453 e. The van der Waals surface area contributed by atoms with Crippen molar-refractivity contribution in [3.8, 4) is 0 Å². The SMILES string of the molecule is CC1CC(NCc2ccc(Br)o2)CCO1. The Morgan fingerprint density at radius 2 is 2.40 bits per heavy atom. The van der Waals surface area contributed by atoms with Crippen molar-refractivity contribution in [1.82, 2.24) is 5.32 Å². The van der Waals surface area contributed by atoms with E-state index in [1.807, 2.05) is 12.1 Å². The highest BCUT2D eigenvalue weighted by Gasteiger charge is 2.18. The van der Waals surface area contributed by atoms with Gasteiger partial charge < -0.3 is 14.5 Å². The second kappa shape index (κ2) is 5.14. The van der Waals surface area contributed by atoms with Crippen molar-refractivity contribution in [1.29, 1.82) is 0 Å². The van der Waals surface area contributed by atoms with E-state index in [0.717, 1.165) is 36.4 Å². The van der Waals surface area contributed by atoms with E-state index >= 15 is 0 Å². The summed E-state index contributed by atoms with van der Waals surface area (Å²) in [5.41, 5.74) is 0. The van der Waals surface area contributed by atoms with Gasteiger partial charge in [-0.1, -0.05) is 0 Å². The molecule has 1 N–H and O–H groups in total. The maximum Gasteiger partial charge on any atom is 0.169 e. The molecular weight excluding hydrogens is 258 g/mol. The maximum atomic E-state index is 5.49. The number of hydrogen-bond acceptors (Lipinski definition) is 3. The van der Waals surface area contributed by atoms with E-state index in [-0.39, 0.29) is 0 Å². The minimum Gasteiger partial charge on any atom is -0.453 e. The Bertz CT molecular complexity index is 313. The Morgan fingerprint density at radius 3 is 3.07 bits per heavy atom. The molecule has 2 atom stereocenters. The van der Waals surface area contributed by atoms with Gasteiger partial charge in [-0.05, 0) is 47.8 Å². The van der Waals surface area contributed by atoms with Gasteiger partial charge in [0, 0.05) is 12.6 Å². The maximum absolute atomic E-state index is 5.49. The van der Waals surface area contributed by atoms with E-state index in [0.29, 0.717) is 12.1 Å². The summed E-state index contributed by atoms with van der Waals surface area (Å²) in [4.78, 5) is 0. The predicted octanol–water partition coefficient (Wildman–Crippen LogP) is 2.70. The van der Waals surface area contributed by atoms with E-state index in [4.69, 9.17) is 9.15 Å². The molecule has 0 radical (unpaired) electrons. The lowest BCUT2D eigenvalue weighted by molar-refractivity contribution is 0.0127. The standard InChI is InChI=1S/C11H16BrNO2/c1-8-6-9(4-5-14-8)13-7-10-2-3-11(12)15-10/h2-3,8-9,13H,4-7H2,1H3. The molecule has 1 aromatic heterocycles. The van der Waals surface area contributed by atoms with Crippen LogP contribution in [0.15, 0.2) is 21.2 Å². The molecule has 0 amide bonds. The van der Waals surface area contributed by atoms with Crippen LogP contribution in [-0.4, -0.2) is 18.8 Å². The van der Waals surface area contributed by atoms with Crippen LogP contribution in [0.3, 0.4) is 0 Å². The summed E-state index contributed by atoms with van der Waals surface area (Å²) in [7, 11) is 0. The number of halogens is 1. The van der Waals surface area contributed by atoms with Crippen LogP contribution in [0.25, 0.3) is 0 Å². The zero-order chi connectivity index (χ0) is 10.7. The third-order valence-electron chi connectivity index (χ3n) is 2.68. The summed E-state index contributed by atoms with van der Waals surface area (Å²) in [5.74, 6) is 0.973. The minimum absolute atomic E-state index is 0.375. The van der Waals surface area contributed by atoms with Gasteiger partial charge in [-0.3, -0.25) is 0 Å². The highest BCUT2D eigenvalue weighted by atomic mass is 79.9. The first-order chi connectivity index (χ1) is 7.24. The van der Waals surface area contributed by atoms with Crippen molar-refractivity contribution in [2.75, 3.05) is 6.61 Å². The summed E-state index contributed by atoms with van der Waals surface area (Å²) in [5, 5.41) is 3.49. The number of nitrogens with one attached hydrogen (secondary N) is 1. The summed E-state index contributed by atoms with van der Waals surface area (Å²) in [6.45, 7) is 3.78. The van der Waals surface area contributed by atoms with Crippen molar-refractivity contribution in [2.45, 2.75) is 38.5 Å². The lowest BCUT2D eigenvalue weighted by Gasteiger charge is -2.27. The number of furan rings is 1. The van der Waals surface area contributed by atoms with Gasteiger partial charge in [0.25, 0.3) is 0 Å². The lowest BCUT2D eigenvalue weighted by atomic mass is 10.0. The van der Waals surface area contributed by atoms with Gasteiger partial charge in [0.15, 0.2) is 4.67 Å².